The lowest BCUT2D eigenvalue weighted by Gasteiger charge is -2.17. The van der Waals surface area contributed by atoms with Crippen LogP contribution in [0.3, 0.4) is 0 Å². The van der Waals surface area contributed by atoms with Crippen LogP contribution in [0.4, 0.5) is 0 Å². The number of carbonyl (C=O) groups is 1. The second kappa shape index (κ2) is 13.9. The number of fused-ring (bicyclic) bond motifs is 1. The normalized spacial score (nSPS) is 13.3. The largest absolute Gasteiger partial charge is 0.496 e. The number of methoxy groups -OCH3 is 2. The van der Waals surface area contributed by atoms with Crippen molar-refractivity contribution in [2.75, 3.05) is 14.2 Å². The van der Waals surface area contributed by atoms with Crippen LogP contribution in [0.15, 0.2) is 9.21 Å². The van der Waals surface area contributed by atoms with Gasteiger partial charge in [0, 0.05) is 12.0 Å². The fourth-order valence-corrected chi connectivity index (χ4v) is 5.30. The summed E-state index contributed by atoms with van der Waals surface area (Å²) in [5, 5.41) is 0.398. The standard InChI is InChI=1S/C31H48O5/c1-19(2)13-10-14-20(3)15-11-16-21(4)17-12-18-25-27(31(33)35-9)28(32)26-24(7)29(34-8)22(5)23(6)30(26)36-25/h19-21H,10-18H2,1-9H3/t20-,21-/m1/s1. The fourth-order valence-electron chi connectivity index (χ4n) is 5.30. The van der Waals surface area contributed by atoms with Crippen molar-refractivity contribution >= 4 is 16.9 Å². The monoisotopic (exact) mass is 500 g/mol. The first-order chi connectivity index (χ1) is 17.0. The van der Waals surface area contributed by atoms with E-state index in [1.165, 1.54) is 45.6 Å². The lowest BCUT2D eigenvalue weighted by Crippen LogP contribution is -2.21. The van der Waals surface area contributed by atoms with Crippen molar-refractivity contribution in [3.63, 3.8) is 0 Å². The van der Waals surface area contributed by atoms with Gasteiger partial charge in [-0.2, -0.15) is 0 Å². The molecule has 0 amide bonds. The Morgan fingerprint density at radius 3 is 1.89 bits per heavy atom. The van der Waals surface area contributed by atoms with Crippen LogP contribution in [-0.2, 0) is 11.2 Å². The summed E-state index contributed by atoms with van der Waals surface area (Å²) in [7, 11) is 2.89. The maximum atomic E-state index is 13.5. The van der Waals surface area contributed by atoms with E-state index in [2.05, 4.69) is 27.7 Å². The zero-order valence-corrected chi connectivity index (χ0v) is 24.1. The number of carbonyl (C=O) groups excluding carboxylic acids is 1. The van der Waals surface area contributed by atoms with E-state index in [9.17, 15) is 9.59 Å². The Morgan fingerprint density at radius 1 is 0.806 bits per heavy atom. The Bertz CT molecular complexity index is 1080. The van der Waals surface area contributed by atoms with E-state index in [0.29, 0.717) is 40.4 Å². The zero-order valence-electron chi connectivity index (χ0n) is 24.1. The molecular weight excluding hydrogens is 452 g/mol. The summed E-state index contributed by atoms with van der Waals surface area (Å²) in [5.74, 6) is 2.62. The van der Waals surface area contributed by atoms with Crippen LogP contribution in [0.5, 0.6) is 5.75 Å². The molecule has 2 aromatic rings. The van der Waals surface area contributed by atoms with Gasteiger partial charge in [0.25, 0.3) is 0 Å². The Morgan fingerprint density at radius 2 is 1.36 bits per heavy atom. The maximum Gasteiger partial charge on any atom is 0.345 e. The maximum absolute atomic E-state index is 13.5. The summed E-state index contributed by atoms with van der Waals surface area (Å²) in [6.45, 7) is 15.0. The minimum atomic E-state index is -0.642. The first kappa shape index (κ1) is 29.9. The lowest BCUT2D eigenvalue weighted by molar-refractivity contribution is 0.0595. The molecule has 0 saturated heterocycles. The van der Waals surface area contributed by atoms with Crippen molar-refractivity contribution in [3.05, 3.63) is 38.2 Å². The van der Waals surface area contributed by atoms with E-state index in [1.54, 1.807) is 7.11 Å². The molecule has 0 unspecified atom stereocenters. The highest BCUT2D eigenvalue weighted by Gasteiger charge is 2.26. The van der Waals surface area contributed by atoms with E-state index in [0.717, 1.165) is 35.8 Å². The summed E-state index contributed by atoms with van der Waals surface area (Å²) < 4.78 is 16.8. The van der Waals surface area contributed by atoms with Crippen molar-refractivity contribution in [2.45, 2.75) is 106 Å². The van der Waals surface area contributed by atoms with Gasteiger partial charge < -0.3 is 13.9 Å². The molecule has 202 valence electrons. The van der Waals surface area contributed by atoms with Crippen LogP contribution >= 0.6 is 0 Å². The van der Waals surface area contributed by atoms with Gasteiger partial charge in [-0.15, -0.1) is 0 Å². The average molecular weight is 501 g/mol. The molecule has 5 heteroatoms. The van der Waals surface area contributed by atoms with E-state index in [-0.39, 0.29) is 11.0 Å². The average Bonchev–Trinajstić information content (AvgIpc) is 2.82. The molecule has 1 heterocycles. The Hall–Kier alpha value is -2.30. The summed E-state index contributed by atoms with van der Waals surface area (Å²) in [4.78, 5) is 26.1. The summed E-state index contributed by atoms with van der Waals surface area (Å²) in [6, 6.07) is 0. The minimum absolute atomic E-state index is 0.0151. The molecule has 0 N–H and O–H groups in total. The van der Waals surface area contributed by atoms with Crippen molar-refractivity contribution in [3.8, 4) is 5.75 Å². The van der Waals surface area contributed by atoms with Crippen LogP contribution in [0.1, 0.15) is 112 Å². The fraction of sp³-hybridized carbons (Fsp3) is 0.677. The number of aryl methyl sites for hydroxylation is 3. The molecule has 0 spiro atoms. The third-order valence-corrected chi connectivity index (χ3v) is 7.71. The number of esters is 1. The molecule has 0 aliphatic rings. The second-order valence-corrected chi connectivity index (χ2v) is 11.2. The predicted octanol–water partition coefficient (Wildman–Crippen LogP) is 8.10. The van der Waals surface area contributed by atoms with Gasteiger partial charge in [0.05, 0.1) is 19.6 Å². The molecule has 1 aromatic heterocycles. The Labute approximate surface area is 217 Å². The molecule has 0 aliphatic carbocycles. The van der Waals surface area contributed by atoms with E-state index in [4.69, 9.17) is 13.9 Å². The van der Waals surface area contributed by atoms with Gasteiger partial charge in [0.1, 0.15) is 22.7 Å². The molecule has 5 nitrogen and oxygen atoms in total. The van der Waals surface area contributed by atoms with Crippen LogP contribution in [0.25, 0.3) is 11.0 Å². The number of benzene rings is 1. The summed E-state index contributed by atoms with van der Waals surface area (Å²) in [6.07, 6.45) is 10.2. The Kier molecular flexibility index (Phi) is 11.5. The highest BCUT2D eigenvalue weighted by Crippen LogP contribution is 2.34. The lowest BCUT2D eigenvalue weighted by atomic mass is 9.91. The van der Waals surface area contributed by atoms with Crippen molar-refractivity contribution in [1.29, 1.82) is 0 Å². The van der Waals surface area contributed by atoms with Crippen molar-refractivity contribution < 1.29 is 18.7 Å². The molecule has 36 heavy (non-hydrogen) atoms. The summed E-state index contributed by atoms with van der Waals surface area (Å²) in [5.41, 5.74) is 2.71. The number of hydrogen-bond acceptors (Lipinski definition) is 5. The molecule has 0 fully saturated rings. The smallest absolute Gasteiger partial charge is 0.345 e. The third-order valence-electron chi connectivity index (χ3n) is 7.71. The molecule has 0 aliphatic heterocycles. The Balaban J connectivity index is 2.11. The first-order valence-corrected chi connectivity index (χ1v) is 13.7. The summed E-state index contributed by atoms with van der Waals surface area (Å²) >= 11 is 0. The number of rotatable bonds is 14. The van der Waals surface area contributed by atoms with Gasteiger partial charge in [0.2, 0.25) is 5.43 Å². The molecule has 1 aromatic carbocycles. The van der Waals surface area contributed by atoms with Gasteiger partial charge in [-0.1, -0.05) is 72.6 Å². The van der Waals surface area contributed by atoms with Gasteiger partial charge in [-0.05, 0) is 56.1 Å². The highest BCUT2D eigenvalue weighted by molar-refractivity contribution is 5.96. The number of ether oxygens (including phenoxy) is 2. The van der Waals surface area contributed by atoms with E-state index < -0.39 is 5.97 Å². The molecule has 0 bridgehead atoms. The first-order valence-electron chi connectivity index (χ1n) is 13.7. The van der Waals surface area contributed by atoms with Crippen LogP contribution in [0, 0.1) is 38.5 Å². The van der Waals surface area contributed by atoms with E-state index in [1.807, 2.05) is 20.8 Å². The highest BCUT2D eigenvalue weighted by atomic mass is 16.5. The molecule has 0 saturated carbocycles. The van der Waals surface area contributed by atoms with Crippen LogP contribution < -0.4 is 10.2 Å². The van der Waals surface area contributed by atoms with Gasteiger partial charge in [-0.3, -0.25) is 4.79 Å². The van der Waals surface area contributed by atoms with Crippen molar-refractivity contribution in [2.24, 2.45) is 17.8 Å². The van der Waals surface area contributed by atoms with Gasteiger partial charge >= 0.3 is 5.97 Å². The molecule has 2 rings (SSSR count). The SMILES string of the molecule is COC(=O)c1c(CCC[C@H](C)CCC[C@H](C)CCCC(C)C)oc2c(C)c(C)c(OC)c(C)c2c1=O. The molecule has 2 atom stereocenters. The van der Waals surface area contributed by atoms with Gasteiger partial charge in [-0.25, -0.2) is 4.79 Å². The van der Waals surface area contributed by atoms with Crippen LogP contribution in [0.2, 0.25) is 0 Å². The van der Waals surface area contributed by atoms with E-state index >= 15 is 0 Å². The van der Waals surface area contributed by atoms with Crippen LogP contribution in [-0.4, -0.2) is 20.2 Å². The molecule has 0 radical (unpaired) electrons. The predicted molar refractivity (Wildman–Crippen MR) is 148 cm³/mol. The third kappa shape index (κ3) is 7.36. The minimum Gasteiger partial charge on any atom is -0.496 e. The zero-order chi connectivity index (χ0) is 27.0. The second-order valence-electron chi connectivity index (χ2n) is 11.2. The molecular formula is C31H48O5. The quantitative estimate of drug-likeness (QED) is 0.245. The van der Waals surface area contributed by atoms with Gasteiger partial charge in [0.15, 0.2) is 0 Å². The van der Waals surface area contributed by atoms with Crippen molar-refractivity contribution in [1.82, 2.24) is 0 Å². The number of hydrogen-bond donors (Lipinski definition) is 0. The topological polar surface area (TPSA) is 65.7 Å².